The lowest BCUT2D eigenvalue weighted by Crippen LogP contribution is -2.30. The Morgan fingerprint density at radius 3 is 2.32 bits per heavy atom. The topological polar surface area (TPSA) is 76.7 Å². The highest BCUT2D eigenvalue weighted by atomic mass is 79.9. The van der Waals surface area contributed by atoms with Crippen molar-refractivity contribution in [2.45, 2.75) is 4.90 Å². The van der Waals surface area contributed by atoms with Gasteiger partial charge >= 0.3 is 0 Å². The fourth-order valence-corrected chi connectivity index (χ4v) is 3.29. The number of hydrogen-bond donors (Lipinski definition) is 2. The molecule has 0 unspecified atom stereocenters. The molecule has 0 fully saturated rings. The van der Waals surface area contributed by atoms with Crippen LogP contribution in [0, 0.1) is 0 Å². The number of sulfonamides is 1. The van der Waals surface area contributed by atoms with Crippen molar-refractivity contribution in [1.82, 2.24) is 10.0 Å². The second-order valence-corrected chi connectivity index (χ2v) is 6.23. The van der Waals surface area contributed by atoms with Crippen LogP contribution in [-0.2, 0) is 10.0 Å². The molecule has 8 heteroatoms. The number of hydrogen-bond acceptors (Lipinski definition) is 5. The van der Waals surface area contributed by atoms with Crippen molar-refractivity contribution in [1.29, 1.82) is 0 Å². The minimum Gasteiger partial charge on any atom is -0.495 e. The SMILES string of the molecule is CNCCNS(=O)(=O)c1cc(Br)c(OC)cc1OC. The van der Waals surface area contributed by atoms with Gasteiger partial charge in [-0.3, -0.25) is 0 Å². The predicted molar refractivity (Wildman–Crippen MR) is 76.4 cm³/mol. The summed E-state index contributed by atoms with van der Waals surface area (Å²) in [6, 6.07) is 2.98. The molecule has 0 amide bonds. The Hall–Kier alpha value is -0.830. The van der Waals surface area contributed by atoms with Crippen LogP contribution in [0.3, 0.4) is 0 Å². The summed E-state index contributed by atoms with van der Waals surface area (Å²) in [6.07, 6.45) is 0. The van der Waals surface area contributed by atoms with E-state index in [1.807, 2.05) is 0 Å². The van der Waals surface area contributed by atoms with Crippen LogP contribution in [0.25, 0.3) is 0 Å². The van der Waals surface area contributed by atoms with Crippen LogP contribution in [0.1, 0.15) is 0 Å². The van der Waals surface area contributed by atoms with Crippen LogP contribution in [0.4, 0.5) is 0 Å². The van der Waals surface area contributed by atoms with Gasteiger partial charge in [0.15, 0.2) is 0 Å². The molecule has 0 saturated heterocycles. The van der Waals surface area contributed by atoms with E-state index in [2.05, 4.69) is 26.0 Å². The summed E-state index contributed by atoms with van der Waals surface area (Å²) in [5, 5.41) is 2.86. The standard InChI is InChI=1S/C11H17BrN2O4S/c1-13-4-5-14-19(15,16)11-6-8(12)9(17-2)7-10(11)18-3/h6-7,13-14H,4-5H2,1-3H3. The first kappa shape index (κ1) is 16.2. The van der Waals surface area contributed by atoms with Gasteiger partial charge in [0.05, 0.1) is 18.7 Å². The molecule has 1 aromatic carbocycles. The monoisotopic (exact) mass is 352 g/mol. The van der Waals surface area contributed by atoms with Gasteiger partial charge in [-0.2, -0.15) is 0 Å². The van der Waals surface area contributed by atoms with E-state index < -0.39 is 10.0 Å². The summed E-state index contributed by atoms with van der Waals surface area (Å²) >= 11 is 3.26. The fraction of sp³-hybridized carbons (Fsp3) is 0.455. The van der Waals surface area contributed by atoms with Gasteiger partial charge in [0.25, 0.3) is 0 Å². The van der Waals surface area contributed by atoms with E-state index in [1.54, 1.807) is 7.05 Å². The Bertz CT molecular complexity index is 534. The lowest BCUT2D eigenvalue weighted by molar-refractivity contribution is 0.384. The van der Waals surface area contributed by atoms with E-state index in [9.17, 15) is 8.42 Å². The van der Waals surface area contributed by atoms with E-state index in [1.165, 1.54) is 26.4 Å². The zero-order valence-corrected chi connectivity index (χ0v) is 13.4. The maximum absolute atomic E-state index is 12.2. The Labute approximate surface area is 121 Å². The van der Waals surface area contributed by atoms with Crippen LogP contribution in [0.2, 0.25) is 0 Å². The third-order valence-corrected chi connectivity index (χ3v) is 4.50. The van der Waals surface area contributed by atoms with Gasteiger partial charge in [-0.05, 0) is 29.0 Å². The van der Waals surface area contributed by atoms with Crippen molar-refractivity contribution in [2.75, 3.05) is 34.4 Å². The van der Waals surface area contributed by atoms with Gasteiger partial charge < -0.3 is 14.8 Å². The quantitative estimate of drug-likeness (QED) is 0.715. The summed E-state index contributed by atoms with van der Waals surface area (Å²) in [6.45, 7) is 0.838. The first-order valence-corrected chi connectivity index (χ1v) is 7.79. The maximum Gasteiger partial charge on any atom is 0.244 e. The molecule has 108 valence electrons. The summed E-state index contributed by atoms with van der Waals surface area (Å²) < 4.78 is 37.5. The van der Waals surface area contributed by atoms with E-state index in [0.717, 1.165) is 0 Å². The summed E-state index contributed by atoms with van der Waals surface area (Å²) in [5.74, 6) is 0.739. The van der Waals surface area contributed by atoms with E-state index >= 15 is 0 Å². The number of nitrogens with one attached hydrogen (secondary N) is 2. The molecule has 0 saturated carbocycles. The summed E-state index contributed by atoms with van der Waals surface area (Å²) in [4.78, 5) is 0.0683. The molecule has 19 heavy (non-hydrogen) atoms. The van der Waals surface area contributed by atoms with Crippen LogP contribution >= 0.6 is 15.9 Å². The minimum atomic E-state index is -3.62. The third kappa shape index (κ3) is 4.07. The van der Waals surface area contributed by atoms with Gasteiger partial charge in [0, 0.05) is 19.2 Å². The number of likely N-dealkylation sites (N-methyl/N-ethyl adjacent to an activating group) is 1. The lowest BCUT2D eigenvalue weighted by atomic mass is 10.3. The third-order valence-electron chi connectivity index (χ3n) is 2.39. The van der Waals surface area contributed by atoms with Crippen molar-refractivity contribution in [2.24, 2.45) is 0 Å². The van der Waals surface area contributed by atoms with Gasteiger partial charge in [0.2, 0.25) is 10.0 Å². The largest absolute Gasteiger partial charge is 0.495 e. The van der Waals surface area contributed by atoms with Crippen molar-refractivity contribution in [3.8, 4) is 11.5 Å². The zero-order valence-electron chi connectivity index (χ0n) is 11.0. The Kier molecular flexibility index (Phi) is 6.05. The summed E-state index contributed by atoms with van der Waals surface area (Å²) in [7, 11) is 1.04. The van der Waals surface area contributed by atoms with E-state index in [-0.39, 0.29) is 10.6 Å². The molecule has 0 heterocycles. The molecule has 6 nitrogen and oxygen atoms in total. The van der Waals surface area contributed by atoms with Crippen LogP contribution in [-0.4, -0.2) is 42.8 Å². The van der Waals surface area contributed by atoms with Gasteiger partial charge in [-0.1, -0.05) is 0 Å². The van der Waals surface area contributed by atoms with Crippen LogP contribution in [0.15, 0.2) is 21.5 Å². The molecule has 0 spiro atoms. The Balaban J connectivity index is 3.14. The van der Waals surface area contributed by atoms with Crippen molar-refractivity contribution < 1.29 is 17.9 Å². The molecule has 0 bridgehead atoms. The predicted octanol–water partition coefficient (Wildman–Crippen LogP) is 0.964. The normalized spacial score (nSPS) is 11.4. The number of benzene rings is 1. The zero-order chi connectivity index (χ0) is 14.5. The molecule has 0 radical (unpaired) electrons. The van der Waals surface area contributed by atoms with E-state index in [0.29, 0.717) is 23.3 Å². The molecule has 0 aliphatic heterocycles. The van der Waals surface area contributed by atoms with Crippen LogP contribution in [0.5, 0.6) is 11.5 Å². The molecule has 2 N–H and O–H groups in total. The summed E-state index contributed by atoms with van der Waals surface area (Å²) in [5.41, 5.74) is 0. The first-order valence-electron chi connectivity index (χ1n) is 5.52. The average Bonchev–Trinajstić information content (AvgIpc) is 2.38. The molecular formula is C11H17BrN2O4S. The average molecular weight is 353 g/mol. The molecule has 0 atom stereocenters. The number of methoxy groups -OCH3 is 2. The lowest BCUT2D eigenvalue weighted by Gasteiger charge is -2.13. The second-order valence-electron chi connectivity index (χ2n) is 3.64. The highest BCUT2D eigenvalue weighted by molar-refractivity contribution is 9.10. The maximum atomic E-state index is 12.2. The van der Waals surface area contributed by atoms with Gasteiger partial charge in [0.1, 0.15) is 16.4 Å². The van der Waals surface area contributed by atoms with E-state index in [4.69, 9.17) is 9.47 Å². The molecule has 1 aromatic rings. The highest BCUT2D eigenvalue weighted by Crippen LogP contribution is 2.35. The smallest absolute Gasteiger partial charge is 0.244 e. The number of halogens is 1. The molecule has 0 aliphatic carbocycles. The van der Waals surface area contributed by atoms with Crippen LogP contribution < -0.4 is 19.5 Å². The van der Waals surface area contributed by atoms with Crippen molar-refractivity contribution in [3.05, 3.63) is 16.6 Å². The second kappa shape index (κ2) is 7.09. The minimum absolute atomic E-state index is 0.0683. The number of rotatable bonds is 7. The van der Waals surface area contributed by atoms with Crippen molar-refractivity contribution >= 4 is 26.0 Å². The van der Waals surface area contributed by atoms with Gasteiger partial charge in [-0.25, -0.2) is 13.1 Å². The molecule has 0 aromatic heterocycles. The Morgan fingerprint density at radius 1 is 1.16 bits per heavy atom. The first-order chi connectivity index (χ1) is 8.96. The Morgan fingerprint density at radius 2 is 1.79 bits per heavy atom. The fourth-order valence-electron chi connectivity index (χ4n) is 1.43. The van der Waals surface area contributed by atoms with Crippen molar-refractivity contribution in [3.63, 3.8) is 0 Å². The highest BCUT2D eigenvalue weighted by Gasteiger charge is 2.21. The number of ether oxygens (including phenoxy) is 2. The molecule has 1 rings (SSSR count). The van der Waals surface area contributed by atoms with Gasteiger partial charge in [-0.15, -0.1) is 0 Å². The molecule has 0 aliphatic rings. The molecular weight excluding hydrogens is 336 g/mol.